The SMILES string of the molecule is COc1ccc(CCNCCC(=O)Nc2cccc(Cl)c2)cc1. The molecule has 0 fully saturated rings. The van der Waals surface area contributed by atoms with Crippen LogP contribution in [-0.4, -0.2) is 26.1 Å². The summed E-state index contributed by atoms with van der Waals surface area (Å²) < 4.78 is 5.13. The van der Waals surface area contributed by atoms with Gasteiger partial charge in [0.15, 0.2) is 0 Å². The van der Waals surface area contributed by atoms with Crippen molar-refractivity contribution in [2.24, 2.45) is 0 Å². The van der Waals surface area contributed by atoms with Gasteiger partial charge in [-0.2, -0.15) is 0 Å². The molecule has 0 aliphatic rings. The minimum absolute atomic E-state index is 0.0239. The van der Waals surface area contributed by atoms with E-state index in [0.29, 0.717) is 18.0 Å². The number of methoxy groups -OCH3 is 1. The molecule has 5 heteroatoms. The Hall–Kier alpha value is -2.04. The zero-order valence-corrected chi connectivity index (χ0v) is 13.9. The Kier molecular flexibility index (Phi) is 6.91. The summed E-state index contributed by atoms with van der Waals surface area (Å²) in [6, 6.07) is 15.1. The summed E-state index contributed by atoms with van der Waals surface area (Å²) in [5.74, 6) is 0.837. The topological polar surface area (TPSA) is 50.4 Å². The number of carbonyl (C=O) groups is 1. The maximum atomic E-state index is 11.8. The number of amides is 1. The van der Waals surface area contributed by atoms with Gasteiger partial charge in [0.2, 0.25) is 5.91 Å². The summed E-state index contributed by atoms with van der Waals surface area (Å²) in [5.41, 5.74) is 1.96. The van der Waals surface area contributed by atoms with Crippen molar-refractivity contribution in [3.8, 4) is 5.75 Å². The number of ether oxygens (including phenoxy) is 1. The monoisotopic (exact) mass is 332 g/mol. The van der Waals surface area contributed by atoms with Crippen molar-refractivity contribution in [3.63, 3.8) is 0 Å². The van der Waals surface area contributed by atoms with Gasteiger partial charge in [-0.25, -0.2) is 0 Å². The molecular formula is C18H21ClN2O2. The number of anilines is 1. The average Bonchev–Trinajstić information content (AvgIpc) is 2.55. The normalized spacial score (nSPS) is 10.3. The Morgan fingerprint density at radius 1 is 1.13 bits per heavy atom. The van der Waals surface area contributed by atoms with E-state index in [0.717, 1.165) is 24.4 Å². The van der Waals surface area contributed by atoms with Crippen molar-refractivity contribution < 1.29 is 9.53 Å². The van der Waals surface area contributed by atoms with Crippen LogP contribution in [0.4, 0.5) is 5.69 Å². The molecule has 0 saturated carbocycles. The number of rotatable bonds is 8. The van der Waals surface area contributed by atoms with Gasteiger partial charge in [0.05, 0.1) is 7.11 Å². The molecule has 0 heterocycles. The lowest BCUT2D eigenvalue weighted by atomic mass is 10.1. The number of halogens is 1. The Morgan fingerprint density at radius 2 is 1.91 bits per heavy atom. The quantitative estimate of drug-likeness (QED) is 0.727. The second-order valence-electron chi connectivity index (χ2n) is 5.16. The molecule has 0 aliphatic heterocycles. The first-order valence-electron chi connectivity index (χ1n) is 7.56. The number of hydrogen-bond donors (Lipinski definition) is 2. The molecule has 4 nitrogen and oxygen atoms in total. The Morgan fingerprint density at radius 3 is 2.61 bits per heavy atom. The summed E-state index contributed by atoms with van der Waals surface area (Å²) in [6.07, 6.45) is 1.34. The van der Waals surface area contributed by atoms with Crippen molar-refractivity contribution in [1.82, 2.24) is 5.32 Å². The fourth-order valence-corrected chi connectivity index (χ4v) is 2.33. The molecule has 0 bridgehead atoms. The molecule has 0 aliphatic carbocycles. The molecule has 0 aromatic heterocycles. The van der Waals surface area contributed by atoms with Crippen LogP contribution in [0.25, 0.3) is 0 Å². The fraction of sp³-hybridized carbons (Fsp3) is 0.278. The molecule has 23 heavy (non-hydrogen) atoms. The van der Waals surface area contributed by atoms with Gasteiger partial charge in [0.1, 0.15) is 5.75 Å². The number of nitrogens with one attached hydrogen (secondary N) is 2. The van der Waals surface area contributed by atoms with Gasteiger partial charge in [0, 0.05) is 23.7 Å². The van der Waals surface area contributed by atoms with Gasteiger partial charge in [-0.3, -0.25) is 4.79 Å². The predicted molar refractivity (Wildman–Crippen MR) is 94.3 cm³/mol. The maximum Gasteiger partial charge on any atom is 0.225 e. The van der Waals surface area contributed by atoms with Crippen LogP contribution < -0.4 is 15.4 Å². The van der Waals surface area contributed by atoms with Crippen molar-refractivity contribution in [1.29, 1.82) is 0 Å². The molecule has 0 saturated heterocycles. The lowest BCUT2D eigenvalue weighted by molar-refractivity contribution is -0.116. The van der Waals surface area contributed by atoms with E-state index in [1.54, 1.807) is 19.2 Å². The van der Waals surface area contributed by atoms with Gasteiger partial charge in [-0.1, -0.05) is 29.8 Å². The van der Waals surface area contributed by atoms with Gasteiger partial charge < -0.3 is 15.4 Å². The van der Waals surface area contributed by atoms with Crippen LogP contribution in [0.3, 0.4) is 0 Å². The number of benzene rings is 2. The molecule has 2 rings (SSSR count). The van der Waals surface area contributed by atoms with Crippen LogP contribution in [0.5, 0.6) is 5.75 Å². The highest BCUT2D eigenvalue weighted by atomic mass is 35.5. The summed E-state index contributed by atoms with van der Waals surface area (Å²) in [6.45, 7) is 1.47. The van der Waals surface area contributed by atoms with Crippen LogP contribution in [-0.2, 0) is 11.2 Å². The van der Waals surface area contributed by atoms with E-state index in [1.807, 2.05) is 36.4 Å². The van der Waals surface area contributed by atoms with Crippen molar-refractivity contribution in [2.75, 3.05) is 25.5 Å². The summed E-state index contributed by atoms with van der Waals surface area (Å²) in [5, 5.41) is 6.71. The van der Waals surface area contributed by atoms with E-state index >= 15 is 0 Å². The minimum Gasteiger partial charge on any atom is -0.497 e. The Balaban J connectivity index is 1.62. The second kappa shape index (κ2) is 9.18. The summed E-state index contributed by atoms with van der Waals surface area (Å²) >= 11 is 5.88. The second-order valence-corrected chi connectivity index (χ2v) is 5.59. The standard InChI is InChI=1S/C18H21ClN2O2/c1-23-17-7-5-14(6-8-17)9-11-20-12-10-18(22)21-16-4-2-3-15(19)13-16/h2-8,13,20H,9-12H2,1H3,(H,21,22). The molecule has 0 radical (unpaired) electrons. The third kappa shape index (κ3) is 6.30. The van der Waals surface area contributed by atoms with Gasteiger partial charge >= 0.3 is 0 Å². The lowest BCUT2D eigenvalue weighted by Crippen LogP contribution is -2.23. The zero-order valence-electron chi connectivity index (χ0n) is 13.1. The van der Waals surface area contributed by atoms with Gasteiger partial charge in [-0.05, 0) is 48.9 Å². The zero-order chi connectivity index (χ0) is 16.5. The summed E-state index contributed by atoms with van der Waals surface area (Å²) in [7, 11) is 1.66. The molecule has 122 valence electrons. The molecule has 0 unspecified atom stereocenters. The highest BCUT2D eigenvalue weighted by Gasteiger charge is 2.02. The smallest absolute Gasteiger partial charge is 0.225 e. The van der Waals surface area contributed by atoms with Crippen LogP contribution in [0.2, 0.25) is 5.02 Å². The molecule has 2 aromatic rings. The first kappa shape index (κ1) is 17.3. The summed E-state index contributed by atoms with van der Waals surface area (Å²) in [4.78, 5) is 11.8. The largest absolute Gasteiger partial charge is 0.497 e. The predicted octanol–water partition coefficient (Wildman–Crippen LogP) is 3.51. The highest BCUT2D eigenvalue weighted by molar-refractivity contribution is 6.30. The van der Waals surface area contributed by atoms with Crippen LogP contribution >= 0.6 is 11.6 Å². The third-order valence-electron chi connectivity index (χ3n) is 3.39. The Bertz CT molecular complexity index is 629. The number of hydrogen-bond acceptors (Lipinski definition) is 3. The fourth-order valence-electron chi connectivity index (χ4n) is 2.14. The minimum atomic E-state index is -0.0239. The van der Waals surface area contributed by atoms with E-state index in [9.17, 15) is 4.79 Å². The van der Waals surface area contributed by atoms with Crippen molar-refractivity contribution in [2.45, 2.75) is 12.8 Å². The van der Waals surface area contributed by atoms with Crippen molar-refractivity contribution >= 4 is 23.2 Å². The van der Waals surface area contributed by atoms with E-state index in [-0.39, 0.29) is 5.91 Å². The van der Waals surface area contributed by atoms with E-state index < -0.39 is 0 Å². The molecular weight excluding hydrogens is 312 g/mol. The molecule has 1 amide bonds. The van der Waals surface area contributed by atoms with Crippen LogP contribution in [0.15, 0.2) is 48.5 Å². The molecule has 0 atom stereocenters. The first-order valence-corrected chi connectivity index (χ1v) is 7.94. The Labute approximate surface area is 141 Å². The van der Waals surface area contributed by atoms with Crippen LogP contribution in [0.1, 0.15) is 12.0 Å². The first-order chi connectivity index (χ1) is 11.2. The van der Waals surface area contributed by atoms with E-state index in [2.05, 4.69) is 10.6 Å². The van der Waals surface area contributed by atoms with Crippen molar-refractivity contribution in [3.05, 3.63) is 59.1 Å². The number of carbonyl (C=O) groups excluding carboxylic acids is 1. The highest BCUT2D eigenvalue weighted by Crippen LogP contribution is 2.15. The lowest BCUT2D eigenvalue weighted by Gasteiger charge is -2.07. The van der Waals surface area contributed by atoms with Gasteiger partial charge in [0.25, 0.3) is 0 Å². The molecule has 0 spiro atoms. The van der Waals surface area contributed by atoms with Gasteiger partial charge in [-0.15, -0.1) is 0 Å². The third-order valence-corrected chi connectivity index (χ3v) is 3.62. The maximum absolute atomic E-state index is 11.8. The van der Waals surface area contributed by atoms with E-state index in [4.69, 9.17) is 16.3 Å². The average molecular weight is 333 g/mol. The van der Waals surface area contributed by atoms with Crippen LogP contribution in [0, 0.1) is 0 Å². The molecule has 2 N–H and O–H groups in total. The molecule has 2 aromatic carbocycles. The van der Waals surface area contributed by atoms with E-state index in [1.165, 1.54) is 5.56 Å².